The second-order valence-electron chi connectivity index (χ2n) is 18.4. The number of carbonyl (C=O) groups is 1. The van der Waals surface area contributed by atoms with Crippen LogP contribution in [0.4, 0.5) is 10.5 Å². The quantitative estimate of drug-likeness (QED) is 0.0242. The smallest absolute Gasteiger partial charge is 0.412 e. The zero-order valence-electron chi connectivity index (χ0n) is 40.1. The first-order chi connectivity index (χ1) is 33.3. The van der Waals surface area contributed by atoms with Gasteiger partial charge in [0.25, 0.3) is 5.69 Å². The third-order valence-electron chi connectivity index (χ3n) is 13.6. The SMILES string of the molecule is C=CCOC12Oc3ccc(OC(=O)NCCCCCCCCCCCC)cc3C3C(CCCCO)C(CCCCO)C=C(C(=NOCc4ccc([N+](=O)[O-])cc4)CC1SCCc1ccncc1)C32. The topological polar surface area (TPSA) is 175 Å². The van der Waals surface area contributed by atoms with Crippen molar-refractivity contribution in [2.45, 2.75) is 146 Å². The molecule has 14 heteroatoms. The molecular weight excluding hydrogens is 881 g/mol. The Hall–Kier alpha value is -4.76. The standard InChI is InChI=1S/C54H74N4O9S/c1-3-5-6-7-8-9-10-11-12-15-29-56-53(61)66-44-24-25-49-47(37-44)51-45(19-14-17-33-60)42(18-13-16-32-59)36-46-48(57-65-39-41-20-22-43(23-21-41)58(62)63)38-50(54(67-49,52(46)51)64-34-4-2)68-35-28-40-26-30-55-31-27-40/h4,20-27,30-31,36-37,42,45,50-52,59-60H,2-3,5-19,28-29,32-35,38-39H2,1H3,(H,56,61). The number of allylic oxidation sites excluding steroid dienone is 1. The lowest BCUT2D eigenvalue weighted by molar-refractivity contribution is -0.384. The third kappa shape index (κ3) is 14.6. The maximum atomic E-state index is 13.3. The van der Waals surface area contributed by atoms with Crippen molar-refractivity contribution in [3.05, 3.63) is 118 Å². The lowest BCUT2D eigenvalue weighted by Crippen LogP contribution is -2.64. The molecule has 1 aliphatic heterocycles. The summed E-state index contributed by atoms with van der Waals surface area (Å²) >= 11 is 1.78. The van der Waals surface area contributed by atoms with Crippen molar-refractivity contribution < 1.29 is 39.0 Å². The highest BCUT2D eigenvalue weighted by Gasteiger charge is 2.64. The summed E-state index contributed by atoms with van der Waals surface area (Å²) in [5, 5.41) is 38.9. The number of nitro benzene ring substituents is 1. The van der Waals surface area contributed by atoms with Crippen LogP contribution in [0.2, 0.25) is 0 Å². The minimum Gasteiger partial charge on any atom is -0.460 e. The number of thioether (sulfide) groups is 1. The molecule has 0 spiro atoms. The number of aryl methyl sites for hydroxylation is 1. The lowest BCUT2D eigenvalue weighted by Gasteiger charge is -2.58. The van der Waals surface area contributed by atoms with E-state index in [1.165, 1.54) is 62.6 Å². The van der Waals surface area contributed by atoms with Crippen molar-refractivity contribution >= 4 is 29.3 Å². The molecular formula is C54H74N4O9S. The van der Waals surface area contributed by atoms with Crippen LogP contribution in [0.5, 0.6) is 11.5 Å². The second kappa shape index (κ2) is 28.0. The number of benzene rings is 2. The van der Waals surface area contributed by atoms with E-state index in [1.807, 2.05) is 24.3 Å². The van der Waals surface area contributed by atoms with Gasteiger partial charge in [-0.3, -0.25) is 15.1 Å². The number of aliphatic hydroxyl groups is 2. The number of non-ortho nitro benzene ring substituents is 1. The van der Waals surface area contributed by atoms with Gasteiger partial charge in [0.1, 0.15) is 18.1 Å². The average molecular weight is 955 g/mol. The summed E-state index contributed by atoms with van der Waals surface area (Å²) in [6, 6.07) is 16.0. The van der Waals surface area contributed by atoms with Gasteiger partial charge in [-0.25, -0.2) is 4.79 Å². The van der Waals surface area contributed by atoms with E-state index in [1.54, 1.807) is 48.4 Å². The largest absolute Gasteiger partial charge is 0.460 e. The van der Waals surface area contributed by atoms with Crippen LogP contribution < -0.4 is 14.8 Å². The van der Waals surface area contributed by atoms with E-state index in [0.717, 1.165) is 79.5 Å². The molecule has 6 atom stereocenters. The molecule has 6 unspecified atom stereocenters. The zero-order chi connectivity index (χ0) is 48.0. The summed E-state index contributed by atoms with van der Waals surface area (Å²) in [5.41, 5.74) is 4.61. The van der Waals surface area contributed by atoms with Gasteiger partial charge in [0, 0.05) is 62.2 Å². The van der Waals surface area contributed by atoms with Gasteiger partial charge in [0.2, 0.25) is 5.79 Å². The number of carbonyl (C=O) groups excluding carboxylic acids is 1. The number of pyridine rings is 1. The number of nitrogens with zero attached hydrogens (tertiary/aromatic N) is 3. The van der Waals surface area contributed by atoms with E-state index in [-0.39, 0.29) is 61.0 Å². The Bertz CT molecular complexity index is 2090. The predicted octanol–water partition coefficient (Wildman–Crippen LogP) is 11.8. The van der Waals surface area contributed by atoms with Crippen molar-refractivity contribution in [1.82, 2.24) is 10.3 Å². The Kier molecular flexibility index (Phi) is 21.7. The molecule has 2 aliphatic carbocycles. The number of unbranched alkanes of at least 4 members (excludes halogenated alkanes) is 11. The number of hydrogen-bond donors (Lipinski definition) is 3. The van der Waals surface area contributed by atoms with E-state index < -0.39 is 16.8 Å². The number of fused-ring (bicyclic) bond motifs is 2. The predicted molar refractivity (Wildman–Crippen MR) is 269 cm³/mol. The van der Waals surface area contributed by atoms with Crippen LogP contribution in [0.1, 0.15) is 139 Å². The maximum Gasteiger partial charge on any atom is 0.412 e. The van der Waals surface area contributed by atoms with Gasteiger partial charge >= 0.3 is 6.09 Å². The summed E-state index contributed by atoms with van der Waals surface area (Å²) in [6.07, 6.45) is 25.2. The molecule has 68 heavy (non-hydrogen) atoms. The van der Waals surface area contributed by atoms with Gasteiger partial charge in [-0.05, 0) is 115 Å². The van der Waals surface area contributed by atoms with Crippen LogP contribution in [0.15, 0.2) is 96.5 Å². The molecule has 1 fully saturated rings. The molecule has 3 aromatic rings. The highest BCUT2D eigenvalue weighted by atomic mass is 32.2. The molecule has 3 N–H and O–H groups in total. The number of aromatic nitrogens is 1. The average Bonchev–Trinajstić information content (AvgIpc) is 3.35. The van der Waals surface area contributed by atoms with Crippen molar-refractivity contribution in [1.29, 1.82) is 0 Å². The lowest BCUT2D eigenvalue weighted by atomic mass is 9.56. The molecule has 3 aliphatic rings. The van der Waals surface area contributed by atoms with Gasteiger partial charge in [0.15, 0.2) is 0 Å². The minimum atomic E-state index is -1.15. The van der Waals surface area contributed by atoms with Crippen LogP contribution >= 0.6 is 11.8 Å². The molecule has 1 aromatic heterocycles. The van der Waals surface area contributed by atoms with E-state index in [4.69, 9.17) is 24.2 Å². The highest BCUT2D eigenvalue weighted by Crippen LogP contribution is 2.62. The molecule has 2 aromatic carbocycles. The van der Waals surface area contributed by atoms with Crippen LogP contribution in [0.3, 0.4) is 0 Å². The van der Waals surface area contributed by atoms with Gasteiger partial charge in [-0.15, -0.1) is 6.58 Å². The van der Waals surface area contributed by atoms with Crippen LogP contribution in [-0.2, 0) is 22.6 Å². The van der Waals surface area contributed by atoms with E-state index >= 15 is 0 Å². The number of nitrogens with one attached hydrogen (secondary N) is 1. The number of rotatable bonds is 31. The van der Waals surface area contributed by atoms with E-state index in [9.17, 15) is 25.1 Å². The molecule has 0 saturated heterocycles. The number of oxime groups is 1. The minimum absolute atomic E-state index is 0.00476. The Morgan fingerprint density at radius 3 is 2.34 bits per heavy atom. The summed E-state index contributed by atoms with van der Waals surface area (Å²) < 4.78 is 20.4. The van der Waals surface area contributed by atoms with Crippen molar-refractivity contribution in [2.75, 3.05) is 32.1 Å². The third-order valence-corrected chi connectivity index (χ3v) is 15.0. The second-order valence-corrected chi connectivity index (χ2v) is 19.7. The molecule has 0 bridgehead atoms. The van der Waals surface area contributed by atoms with Crippen LogP contribution in [0.25, 0.3) is 0 Å². The Labute approximate surface area is 407 Å². The number of ether oxygens (including phenoxy) is 3. The van der Waals surface area contributed by atoms with E-state index in [0.29, 0.717) is 37.3 Å². The maximum absolute atomic E-state index is 13.3. The Morgan fingerprint density at radius 1 is 0.941 bits per heavy atom. The summed E-state index contributed by atoms with van der Waals surface area (Å²) in [4.78, 5) is 34.6. The summed E-state index contributed by atoms with van der Waals surface area (Å²) in [5.74, 6) is 0.316. The zero-order valence-corrected chi connectivity index (χ0v) is 40.9. The van der Waals surface area contributed by atoms with Gasteiger partial charge < -0.3 is 34.6 Å². The highest BCUT2D eigenvalue weighted by molar-refractivity contribution is 8.00. The number of aliphatic hydroxyl groups excluding tert-OH is 2. The molecule has 370 valence electrons. The van der Waals surface area contributed by atoms with Gasteiger partial charge in [0.05, 0.1) is 28.4 Å². The fourth-order valence-electron chi connectivity index (χ4n) is 10.3. The molecule has 13 nitrogen and oxygen atoms in total. The van der Waals surface area contributed by atoms with Gasteiger partial charge in [-0.1, -0.05) is 94.9 Å². The fourth-order valence-corrected chi connectivity index (χ4v) is 11.7. The number of nitro groups is 1. The fraction of sp³-hybridized carbons (Fsp3) is 0.574. The molecule has 1 saturated carbocycles. The molecule has 1 amide bonds. The van der Waals surface area contributed by atoms with Crippen molar-refractivity contribution in [3.8, 4) is 11.5 Å². The molecule has 2 heterocycles. The first-order valence-electron chi connectivity index (χ1n) is 25.2. The Balaban J connectivity index is 1.33. The van der Waals surface area contributed by atoms with E-state index in [2.05, 4.69) is 29.9 Å². The normalized spacial score (nSPS) is 22.1. The summed E-state index contributed by atoms with van der Waals surface area (Å²) in [7, 11) is 0. The van der Waals surface area contributed by atoms with Crippen LogP contribution in [-0.4, -0.2) is 75.1 Å². The van der Waals surface area contributed by atoms with Crippen molar-refractivity contribution in [3.63, 3.8) is 0 Å². The van der Waals surface area contributed by atoms with Gasteiger partial charge in [-0.2, -0.15) is 11.8 Å². The summed E-state index contributed by atoms with van der Waals surface area (Å²) in [6.45, 7) is 7.39. The first-order valence-corrected chi connectivity index (χ1v) is 26.3. The molecule has 6 rings (SSSR count). The van der Waals surface area contributed by atoms with Crippen molar-refractivity contribution in [2.24, 2.45) is 22.9 Å². The number of hydrogen-bond acceptors (Lipinski definition) is 12. The number of amides is 1. The Morgan fingerprint density at radius 2 is 1.65 bits per heavy atom. The monoisotopic (exact) mass is 955 g/mol. The van der Waals surface area contributed by atoms with Crippen LogP contribution in [0, 0.1) is 27.9 Å². The molecule has 0 radical (unpaired) electrons. The first kappa shape index (κ1) is 52.6.